The van der Waals surface area contributed by atoms with Crippen LogP contribution in [0.4, 0.5) is 5.69 Å². The van der Waals surface area contributed by atoms with Gasteiger partial charge in [0.25, 0.3) is 11.5 Å². The number of anilines is 1. The number of carbonyl (C=O) groups excluding carboxylic acids is 2. The molecule has 5 rings (SSSR count). The zero-order valence-electron chi connectivity index (χ0n) is 20.4. The number of ketones is 1. The molecule has 184 valence electrons. The molecular weight excluding hydrogens is 460 g/mol. The lowest BCUT2D eigenvalue weighted by Crippen LogP contribution is -2.46. The van der Waals surface area contributed by atoms with E-state index in [1.54, 1.807) is 67.8 Å². The number of amides is 1. The van der Waals surface area contributed by atoms with Crippen LogP contribution < -0.4 is 19.5 Å². The standard InChI is InChI=1S/C28H26N2O6/c1-16(2)35-22-13-12-17(15-23(22)34-4)25-24(26(31)18-8-7-9-19(14-18)33-3)28(36-30-25)20-10-5-6-11-21(20)29-27(28)32/h5-16,24H,1-4H3,(H,29,32)/t24-,28+/m1/s1. The quantitative estimate of drug-likeness (QED) is 0.492. The highest BCUT2D eigenvalue weighted by molar-refractivity contribution is 6.25. The van der Waals surface area contributed by atoms with Crippen molar-refractivity contribution in [3.05, 3.63) is 83.4 Å². The Kier molecular flexibility index (Phi) is 5.88. The molecule has 2 aliphatic heterocycles. The second kappa shape index (κ2) is 9.03. The van der Waals surface area contributed by atoms with Crippen LogP contribution in [0.3, 0.4) is 0 Å². The van der Waals surface area contributed by atoms with E-state index in [-0.39, 0.29) is 11.9 Å². The summed E-state index contributed by atoms with van der Waals surface area (Å²) in [5, 5.41) is 7.19. The molecule has 0 aliphatic carbocycles. The molecule has 1 spiro atoms. The Morgan fingerprint density at radius 2 is 1.81 bits per heavy atom. The number of para-hydroxylation sites is 1. The van der Waals surface area contributed by atoms with Gasteiger partial charge in [0.2, 0.25) is 0 Å². The van der Waals surface area contributed by atoms with Crippen molar-refractivity contribution in [3.8, 4) is 17.2 Å². The summed E-state index contributed by atoms with van der Waals surface area (Å²) in [5.74, 6) is -0.261. The van der Waals surface area contributed by atoms with E-state index < -0.39 is 17.4 Å². The van der Waals surface area contributed by atoms with Gasteiger partial charge in [-0.2, -0.15) is 0 Å². The molecule has 3 aromatic carbocycles. The summed E-state index contributed by atoms with van der Waals surface area (Å²) < 4.78 is 16.7. The monoisotopic (exact) mass is 486 g/mol. The number of nitrogens with one attached hydrogen (secondary N) is 1. The van der Waals surface area contributed by atoms with Crippen LogP contribution in [0, 0.1) is 5.92 Å². The van der Waals surface area contributed by atoms with Gasteiger partial charge in [-0.15, -0.1) is 0 Å². The zero-order chi connectivity index (χ0) is 25.4. The molecule has 0 aromatic heterocycles. The average Bonchev–Trinajstić information content (AvgIpc) is 3.42. The molecule has 36 heavy (non-hydrogen) atoms. The smallest absolute Gasteiger partial charge is 0.277 e. The molecule has 3 aromatic rings. The van der Waals surface area contributed by atoms with Gasteiger partial charge in [-0.3, -0.25) is 9.59 Å². The summed E-state index contributed by atoms with van der Waals surface area (Å²) in [6.07, 6.45) is -0.0544. The van der Waals surface area contributed by atoms with Crippen LogP contribution in [0.5, 0.6) is 17.2 Å². The molecule has 0 unspecified atom stereocenters. The van der Waals surface area contributed by atoms with E-state index in [0.717, 1.165) is 0 Å². The molecule has 0 radical (unpaired) electrons. The third-order valence-corrected chi connectivity index (χ3v) is 6.32. The Morgan fingerprint density at radius 3 is 2.56 bits per heavy atom. The number of oxime groups is 1. The Bertz CT molecular complexity index is 1380. The number of carbonyl (C=O) groups is 2. The zero-order valence-corrected chi connectivity index (χ0v) is 20.4. The van der Waals surface area contributed by atoms with E-state index in [4.69, 9.17) is 19.0 Å². The maximum absolute atomic E-state index is 14.1. The molecule has 0 saturated carbocycles. The van der Waals surface area contributed by atoms with Crippen molar-refractivity contribution in [3.63, 3.8) is 0 Å². The van der Waals surface area contributed by atoms with Crippen molar-refractivity contribution < 1.29 is 28.6 Å². The lowest BCUT2D eigenvalue weighted by molar-refractivity contribution is -0.140. The van der Waals surface area contributed by atoms with Gasteiger partial charge in [0.05, 0.1) is 20.3 Å². The third-order valence-electron chi connectivity index (χ3n) is 6.32. The Labute approximate surface area is 208 Å². The molecule has 2 aliphatic rings. The van der Waals surface area contributed by atoms with E-state index in [1.165, 1.54) is 7.11 Å². The van der Waals surface area contributed by atoms with E-state index in [9.17, 15) is 9.59 Å². The number of ether oxygens (including phenoxy) is 3. The number of hydrogen-bond donors (Lipinski definition) is 1. The van der Waals surface area contributed by atoms with Gasteiger partial charge in [0, 0.05) is 22.4 Å². The maximum atomic E-state index is 14.1. The van der Waals surface area contributed by atoms with Gasteiger partial charge in [-0.25, -0.2) is 0 Å². The first kappa shape index (κ1) is 23.4. The minimum Gasteiger partial charge on any atom is -0.497 e. The molecule has 2 atom stereocenters. The molecule has 1 N–H and O–H groups in total. The molecule has 1 amide bonds. The predicted molar refractivity (Wildman–Crippen MR) is 134 cm³/mol. The van der Waals surface area contributed by atoms with Crippen LogP contribution in [0.15, 0.2) is 71.9 Å². The lowest BCUT2D eigenvalue weighted by atomic mass is 9.74. The molecule has 2 heterocycles. The Balaban J connectivity index is 1.66. The summed E-state index contributed by atoms with van der Waals surface area (Å²) >= 11 is 0. The molecular formula is C28H26N2O6. The van der Waals surface area contributed by atoms with Gasteiger partial charge < -0.3 is 24.4 Å². The second-order valence-electron chi connectivity index (χ2n) is 8.86. The normalized spacial score (nSPS) is 20.0. The average molecular weight is 487 g/mol. The van der Waals surface area contributed by atoms with Crippen LogP contribution in [-0.4, -0.2) is 37.7 Å². The van der Waals surface area contributed by atoms with E-state index >= 15 is 0 Å². The fourth-order valence-electron chi connectivity index (χ4n) is 4.70. The number of hydrogen-bond acceptors (Lipinski definition) is 7. The summed E-state index contributed by atoms with van der Waals surface area (Å²) in [7, 11) is 3.07. The number of benzene rings is 3. The van der Waals surface area contributed by atoms with Gasteiger partial charge in [-0.1, -0.05) is 35.5 Å². The minimum atomic E-state index is -1.65. The first-order chi connectivity index (χ1) is 17.4. The van der Waals surface area contributed by atoms with Crippen molar-refractivity contribution in [2.45, 2.75) is 25.6 Å². The Hall–Kier alpha value is -4.33. The van der Waals surface area contributed by atoms with E-state index in [0.29, 0.717) is 45.3 Å². The van der Waals surface area contributed by atoms with Crippen molar-refractivity contribution in [1.29, 1.82) is 0 Å². The van der Waals surface area contributed by atoms with Crippen LogP contribution in [0.1, 0.15) is 35.3 Å². The highest BCUT2D eigenvalue weighted by atomic mass is 16.7. The lowest BCUT2D eigenvalue weighted by Gasteiger charge is -2.27. The molecule has 8 heteroatoms. The third kappa shape index (κ3) is 3.66. The highest BCUT2D eigenvalue weighted by Crippen LogP contribution is 2.50. The van der Waals surface area contributed by atoms with Gasteiger partial charge in [0.1, 0.15) is 17.4 Å². The number of fused-ring (bicyclic) bond motifs is 2. The first-order valence-corrected chi connectivity index (χ1v) is 11.6. The predicted octanol–water partition coefficient (Wildman–Crippen LogP) is 4.57. The minimum absolute atomic E-state index is 0.0544. The SMILES string of the molecule is COc1cccc(C(=O)[C@H]2C(c3ccc(OC(C)C)c(OC)c3)=NO[C@]23C(=O)Nc2ccccc23)c1. The van der Waals surface area contributed by atoms with Crippen LogP contribution in [-0.2, 0) is 15.2 Å². The summed E-state index contributed by atoms with van der Waals surface area (Å²) in [6, 6.07) is 19.3. The van der Waals surface area contributed by atoms with Crippen molar-refractivity contribution in [1.82, 2.24) is 0 Å². The highest BCUT2D eigenvalue weighted by Gasteiger charge is 2.63. The van der Waals surface area contributed by atoms with E-state index in [2.05, 4.69) is 10.5 Å². The number of nitrogens with zero attached hydrogens (tertiary/aromatic N) is 1. The van der Waals surface area contributed by atoms with Crippen molar-refractivity contribution in [2.24, 2.45) is 11.1 Å². The summed E-state index contributed by atoms with van der Waals surface area (Å²) in [6.45, 7) is 3.84. The van der Waals surface area contributed by atoms with Gasteiger partial charge >= 0.3 is 0 Å². The number of rotatable bonds is 7. The topological polar surface area (TPSA) is 95.5 Å². The van der Waals surface area contributed by atoms with Crippen LogP contribution in [0.2, 0.25) is 0 Å². The van der Waals surface area contributed by atoms with E-state index in [1.807, 2.05) is 19.9 Å². The molecule has 0 saturated heterocycles. The van der Waals surface area contributed by atoms with Gasteiger partial charge in [-0.05, 0) is 50.2 Å². The largest absolute Gasteiger partial charge is 0.497 e. The van der Waals surface area contributed by atoms with Crippen molar-refractivity contribution in [2.75, 3.05) is 19.5 Å². The molecule has 0 fully saturated rings. The van der Waals surface area contributed by atoms with Crippen molar-refractivity contribution >= 4 is 23.1 Å². The Morgan fingerprint density at radius 1 is 1.00 bits per heavy atom. The summed E-state index contributed by atoms with van der Waals surface area (Å²) in [4.78, 5) is 33.5. The first-order valence-electron chi connectivity index (χ1n) is 11.6. The summed E-state index contributed by atoms with van der Waals surface area (Å²) in [5.41, 5.74) is 0.775. The van der Waals surface area contributed by atoms with Gasteiger partial charge in [0.15, 0.2) is 17.3 Å². The maximum Gasteiger partial charge on any atom is 0.277 e. The fourth-order valence-corrected chi connectivity index (χ4v) is 4.70. The van der Waals surface area contributed by atoms with Crippen LogP contribution in [0.25, 0.3) is 0 Å². The second-order valence-corrected chi connectivity index (χ2v) is 8.86. The number of methoxy groups -OCH3 is 2. The number of Topliss-reactive ketones (excluding diaryl/α,β-unsaturated/α-hetero) is 1. The van der Waals surface area contributed by atoms with Crippen LogP contribution >= 0.6 is 0 Å². The molecule has 8 nitrogen and oxygen atoms in total. The molecule has 0 bridgehead atoms. The fraction of sp³-hybridized carbons (Fsp3) is 0.250.